The van der Waals surface area contributed by atoms with Gasteiger partial charge in [-0.05, 0) is 98.3 Å². The van der Waals surface area contributed by atoms with Gasteiger partial charge < -0.3 is 15.3 Å². The minimum atomic E-state index is -0.857. The summed E-state index contributed by atoms with van der Waals surface area (Å²) in [6.07, 6.45) is 14.1. The maximum Gasteiger partial charge on any atom is 0.326 e. The zero-order valence-electron chi connectivity index (χ0n) is 18.5. The summed E-state index contributed by atoms with van der Waals surface area (Å²) in [5, 5.41) is 12.7. The second-order valence-corrected chi connectivity index (χ2v) is 9.74. The number of aromatic nitrogens is 3. The van der Waals surface area contributed by atoms with E-state index in [0.29, 0.717) is 22.8 Å². The molecule has 2 N–H and O–H groups in total. The smallest absolute Gasteiger partial charge is 0.326 e. The van der Waals surface area contributed by atoms with E-state index in [4.69, 9.17) is 4.98 Å². The van der Waals surface area contributed by atoms with Gasteiger partial charge in [0, 0.05) is 30.2 Å². The van der Waals surface area contributed by atoms with Gasteiger partial charge in [0.15, 0.2) is 0 Å². The first-order chi connectivity index (χ1) is 15.6. The summed E-state index contributed by atoms with van der Waals surface area (Å²) in [6, 6.07) is 4.42. The SMILES string of the molecule is O=C(O)[C@H](CCN(CCCCc1ccc2c(n1)CCCC2)C1CC1)Nc1ncncc1Br. The van der Waals surface area contributed by atoms with Gasteiger partial charge in [0.1, 0.15) is 18.2 Å². The summed E-state index contributed by atoms with van der Waals surface area (Å²) in [6.45, 7) is 1.79. The van der Waals surface area contributed by atoms with Crippen LogP contribution in [0.2, 0.25) is 0 Å². The monoisotopic (exact) mass is 501 g/mol. The van der Waals surface area contributed by atoms with Crippen LogP contribution in [0.1, 0.15) is 61.9 Å². The summed E-state index contributed by atoms with van der Waals surface area (Å²) in [4.78, 5) is 27.2. The second kappa shape index (κ2) is 11.2. The first-order valence-corrected chi connectivity index (χ1v) is 12.6. The number of nitrogens with one attached hydrogen (secondary N) is 1. The molecule has 1 atom stereocenters. The highest BCUT2D eigenvalue weighted by molar-refractivity contribution is 9.10. The Labute approximate surface area is 198 Å². The van der Waals surface area contributed by atoms with Crippen LogP contribution < -0.4 is 5.32 Å². The lowest BCUT2D eigenvalue weighted by Gasteiger charge is -2.24. The van der Waals surface area contributed by atoms with Crippen LogP contribution in [0.15, 0.2) is 29.1 Å². The Morgan fingerprint density at radius 1 is 1.22 bits per heavy atom. The molecule has 1 fully saturated rings. The number of hydrogen-bond acceptors (Lipinski definition) is 6. The molecule has 4 rings (SSSR count). The van der Waals surface area contributed by atoms with E-state index < -0.39 is 12.0 Å². The number of aryl methyl sites for hydroxylation is 3. The number of halogens is 1. The van der Waals surface area contributed by atoms with Crippen LogP contribution in [-0.4, -0.2) is 56.1 Å². The van der Waals surface area contributed by atoms with Crippen molar-refractivity contribution in [3.05, 3.63) is 46.1 Å². The minimum absolute atomic E-state index is 0.517. The number of fused-ring (bicyclic) bond motifs is 1. The Bertz CT molecular complexity index is 921. The second-order valence-electron chi connectivity index (χ2n) is 8.88. The number of hydrogen-bond donors (Lipinski definition) is 2. The van der Waals surface area contributed by atoms with Crippen molar-refractivity contribution in [2.45, 2.75) is 76.3 Å². The summed E-state index contributed by atoms with van der Waals surface area (Å²) >= 11 is 3.37. The first-order valence-electron chi connectivity index (χ1n) is 11.8. The van der Waals surface area contributed by atoms with E-state index in [-0.39, 0.29) is 0 Å². The third-order valence-electron chi connectivity index (χ3n) is 6.41. The average Bonchev–Trinajstić information content (AvgIpc) is 3.64. The molecule has 0 bridgehead atoms. The fourth-order valence-electron chi connectivity index (χ4n) is 4.44. The van der Waals surface area contributed by atoms with Crippen LogP contribution in [0.25, 0.3) is 0 Å². The fourth-order valence-corrected chi connectivity index (χ4v) is 4.78. The fraction of sp³-hybridized carbons (Fsp3) is 0.583. The molecule has 0 aromatic carbocycles. The molecule has 7 nitrogen and oxygen atoms in total. The maximum absolute atomic E-state index is 11.8. The van der Waals surface area contributed by atoms with Gasteiger partial charge in [-0.1, -0.05) is 6.07 Å². The van der Waals surface area contributed by atoms with Crippen LogP contribution in [0, 0.1) is 0 Å². The number of nitrogens with zero attached hydrogens (tertiary/aromatic N) is 4. The van der Waals surface area contributed by atoms with Crippen molar-refractivity contribution in [1.29, 1.82) is 0 Å². The molecule has 2 aromatic rings. The van der Waals surface area contributed by atoms with Crippen LogP contribution in [0.3, 0.4) is 0 Å². The van der Waals surface area contributed by atoms with Gasteiger partial charge in [-0.2, -0.15) is 0 Å². The van der Waals surface area contributed by atoms with Gasteiger partial charge in [0.25, 0.3) is 0 Å². The molecule has 0 unspecified atom stereocenters. The van der Waals surface area contributed by atoms with Crippen LogP contribution in [0.5, 0.6) is 0 Å². The molecule has 2 aromatic heterocycles. The summed E-state index contributed by atoms with van der Waals surface area (Å²) in [5.74, 6) is -0.340. The quantitative estimate of drug-likeness (QED) is 0.419. The Hall–Kier alpha value is -2.06. The number of aliphatic carboxylic acids is 1. The van der Waals surface area contributed by atoms with Crippen molar-refractivity contribution in [3.63, 3.8) is 0 Å². The van der Waals surface area contributed by atoms with Gasteiger partial charge in [-0.15, -0.1) is 0 Å². The largest absolute Gasteiger partial charge is 0.480 e. The van der Waals surface area contributed by atoms with E-state index in [2.05, 4.69) is 48.2 Å². The van der Waals surface area contributed by atoms with E-state index in [0.717, 1.165) is 38.8 Å². The van der Waals surface area contributed by atoms with E-state index >= 15 is 0 Å². The molecule has 2 aliphatic rings. The Balaban J connectivity index is 1.24. The molecule has 0 amide bonds. The highest BCUT2D eigenvalue weighted by Crippen LogP contribution is 2.28. The Morgan fingerprint density at radius 3 is 2.84 bits per heavy atom. The molecule has 2 aliphatic carbocycles. The predicted octanol–water partition coefficient (Wildman–Crippen LogP) is 4.26. The van der Waals surface area contributed by atoms with Crippen molar-refractivity contribution >= 4 is 27.7 Å². The van der Waals surface area contributed by atoms with Gasteiger partial charge >= 0.3 is 5.97 Å². The number of rotatable bonds is 12. The summed E-state index contributed by atoms with van der Waals surface area (Å²) in [7, 11) is 0. The molecule has 8 heteroatoms. The Kier molecular flexibility index (Phi) is 8.08. The normalized spacial score (nSPS) is 16.6. The molecule has 1 saturated carbocycles. The highest BCUT2D eigenvalue weighted by Gasteiger charge is 2.30. The molecule has 0 aliphatic heterocycles. The van der Waals surface area contributed by atoms with Gasteiger partial charge in [0.2, 0.25) is 0 Å². The third-order valence-corrected chi connectivity index (χ3v) is 6.99. The maximum atomic E-state index is 11.8. The number of carbonyl (C=O) groups is 1. The average molecular weight is 502 g/mol. The highest BCUT2D eigenvalue weighted by atomic mass is 79.9. The lowest BCUT2D eigenvalue weighted by Crippen LogP contribution is -2.36. The van der Waals surface area contributed by atoms with Gasteiger partial charge in [0.05, 0.1) is 4.47 Å². The van der Waals surface area contributed by atoms with Crippen molar-refractivity contribution in [1.82, 2.24) is 19.9 Å². The standard InChI is InChI=1S/C24H32BrN5O2/c25-20-15-26-16-27-23(20)29-22(24(31)32)12-14-30(19-10-11-19)13-4-3-6-18-9-8-17-5-1-2-7-21(17)28-18/h8-9,15-16,19,22H,1-7,10-14H2,(H,31,32)(H,26,27,29)/t22-/m0/s1. The minimum Gasteiger partial charge on any atom is -0.480 e. The van der Waals surface area contributed by atoms with Crippen molar-refractivity contribution in [3.8, 4) is 0 Å². The van der Waals surface area contributed by atoms with Gasteiger partial charge in [-0.25, -0.2) is 14.8 Å². The van der Waals surface area contributed by atoms with Gasteiger partial charge in [-0.3, -0.25) is 4.98 Å². The van der Waals surface area contributed by atoms with E-state index in [1.54, 1.807) is 6.20 Å². The topological polar surface area (TPSA) is 91.2 Å². The number of carboxylic acids is 1. The van der Waals surface area contributed by atoms with Crippen LogP contribution >= 0.6 is 15.9 Å². The zero-order valence-corrected chi connectivity index (χ0v) is 20.1. The van der Waals surface area contributed by atoms with E-state index in [1.165, 1.54) is 55.4 Å². The van der Waals surface area contributed by atoms with Crippen LogP contribution in [0.4, 0.5) is 5.82 Å². The predicted molar refractivity (Wildman–Crippen MR) is 128 cm³/mol. The third kappa shape index (κ3) is 6.48. The van der Waals surface area contributed by atoms with Crippen LogP contribution in [-0.2, 0) is 24.1 Å². The van der Waals surface area contributed by atoms with E-state index in [9.17, 15) is 9.90 Å². The summed E-state index contributed by atoms with van der Waals surface area (Å²) < 4.78 is 0.668. The van der Waals surface area contributed by atoms with E-state index in [1.807, 2.05) is 0 Å². The van der Waals surface area contributed by atoms with Crippen molar-refractivity contribution in [2.24, 2.45) is 0 Å². The molecule has 2 heterocycles. The molecule has 32 heavy (non-hydrogen) atoms. The molecule has 0 radical (unpaired) electrons. The number of pyridine rings is 1. The molecular formula is C24H32BrN5O2. The molecule has 172 valence electrons. The molecular weight excluding hydrogens is 470 g/mol. The number of unbranched alkanes of at least 4 members (excludes halogenated alkanes) is 1. The summed E-state index contributed by atoms with van der Waals surface area (Å²) in [5.41, 5.74) is 3.97. The first kappa shape index (κ1) is 23.1. The lowest BCUT2D eigenvalue weighted by molar-refractivity contribution is -0.138. The Morgan fingerprint density at radius 2 is 2.06 bits per heavy atom. The van der Waals surface area contributed by atoms with Crippen molar-refractivity contribution in [2.75, 3.05) is 18.4 Å². The number of carboxylic acid groups (broad SMARTS) is 1. The lowest BCUT2D eigenvalue weighted by atomic mass is 9.95. The zero-order chi connectivity index (χ0) is 22.3. The number of anilines is 1. The molecule has 0 spiro atoms. The molecule has 0 saturated heterocycles. The van der Waals surface area contributed by atoms with Crippen molar-refractivity contribution < 1.29 is 9.90 Å².